The van der Waals surface area contributed by atoms with Crippen molar-refractivity contribution in [2.75, 3.05) is 6.61 Å². The second-order valence-electron chi connectivity index (χ2n) is 5.75. The fourth-order valence-electron chi connectivity index (χ4n) is 2.04. The molecule has 0 fully saturated rings. The summed E-state index contributed by atoms with van der Waals surface area (Å²) in [5.74, 6) is -0.935. The molecule has 0 N–H and O–H groups in total. The van der Waals surface area contributed by atoms with Gasteiger partial charge in [-0.05, 0) is 30.9 Å². The van der Waals surface area contributed by atoms with Crippen LogP contribution < -0.4 is 4.74 Å². The van der Waals surface area contributed by atoms with Crippen LogP contribution in [0.4, 0.5) is 0 Å². The monoisotopic (exact) mass is 360 g/mol. The highest BCUT2D eigenvalue weighted by Crippen LogP contribution is 2.34. The molecular weight excluding hydrogens is 339 g/mol. The Hall–Kier alpha value is -1.26. The number of carbonyl (C=O) groups excluding carboxylic acids is 2. The normalized spacial score (nSPS) is 11.4. The van der Waals surface area contributed by atoms with E-state index in [1.807, 2.05) is 13.8 Å². The Kier molecular flexibility index (Phi) is 7.36. The summed E-state index contributed by atoms with van der Waals surface area (Å²) < 4.78 is 10.6. The zero-order valence-electron chi connectivity index (χ0n) is 13.8. The Bertz CT molecular complexity index is 566. The number of hydrogen-bond acceptors (Lipinski definition) is 4. The molecule has 1 aromatic rings. The lowest BCUT2D eigenvalue weighted by molar-refractivity contribution is -0.168. The SMILES string of the molecule is CCC(CC)(C(=O)OCC(C)C)C(=O)Oc1cc(Cl)ccc1Cl. The van der Waals surface area contributed by atoms with Crippen LogP contribution in [-0.2, 0) is 14.3 Å². The number of rotatable bonds is 7. The lowest BCUT2D eigenvalue weighted by Gasteiger charge is -2.27. The molecule has 0 saturated carbocycles. The third kappa shape index (κ3) is 4.85. The third-order valence-corrected chi connectivity index (χ3v) is 4.18. The van der Waals surface area contributed by atoms with Gasteiger partial charge in [0.15, 0.2) is 11.2 Å². The van der Waals surface area contributed by atoms with Gasteiger partial charge in [0, 0.05) is 11.1 Å². The fourth-order valence-corrected chi connectivity index (χ4v) is 2.36. The molecule has 0 saturated heterocycles. The highest BCUT2D eigenvalue weighted by atomic mass is 35.5. The fraction of sp³-hybridized carbons (Fsp3) is 0.529. The van der Waals surface area contributed by atoms with E-state index in [1.165, 1.54) is 12.1 Å². The third-order valence-electron chi connectivity index (χ3n) is 3.63. The first-order valence-corrected chi connectivity index (χ1v) is 8.37. The molecule has 0 unspecified atom stereocenters. The first-order chi connectivity index (χ1) is 10.8. The van der Waals surface area contributed by atoms with Crippen LogP contribution in [0.1, 0.15) is 40.5 Å². The Labute approximate surface area is 147 Å². The Balaban J connectivity index is 3.01. The number of esters is 2. The van der Waals surface area contributed by atoms with Crippen LogP contribution in [0, 0.1) is 11.3 Å². The van der Waals surface area contributed by atoms with Crippen molar-refractivity contribution in [2.24, 2.45) is 11.3 Å². The highest BCUT2D eigenvalue weighted by molar-refractivity contribution is 6.34. The van der Waals surface area contributed by atoms with Crippen LogP contribution in [0.25, 0.3) is 0 Å². The molecule has 1 aromatic carbocycles. The molecule has 128 valence electrons. The Morgan fingerprint density at radius 1 is 1.13 bits per heavy atom. The van der Waals surface area contributed by atoms with E-state index in [2.05, 4.69) is 0 Å². The summed E-state index contributed by atoms with van der Waals surface area (Å²) in [4.78, 5) is 25.1. The van der Waals surface area contributed by atoms with E-state index < -0.39 is 17.4 Å². The summed E-state index contributed by atoms with van der Waals surface area (Å²) in [7, 11) is 0. The summed E-state index contributed by atoms with van der Waals surface area (Å²) in [6, 6.07) is 4.56. The van der Waals surface area contributed by atoms with E-state index >= 15 is 0 Å². The van der Waals surface area contributed by atoms with Gasteiger partial charge < -0.3 is 9.47 Å². The summed E-state index contributed by atoms with van der Waals surface area (Å²) in [6.45, 7) is 7.61. The molecule has 0 radical (unpaired) electrons. The molecule has 0 aliphatic rings. The van der Waals surface area contributed by atoms with E-state index in [0.29, 0.717) is 5.02 Å². The van der Waals surface area contributed by atoms with Crippen molar-refractivity contribution < 1.29 is 19.1 Å². The van der Waals surface area contributed by atoms with Gasteiger partial charge in [0.1, 0.15) is 0 Å². The lowest BCUT2D eigenvalue weighted by Crippen LogP contribution is -2.43. The van der Waals surface area contributed by atoms with Crippen molar-refractivity contribution >= 4 is 35.1 Å². The molecule has 0 heterocycles. The summed E-state index contributed by atoms with van der Waals surface area (Å²) in [6.07, 6.45) is 0.550. The van der Waals surface area contributed by atoms with Gasteiger partial charge in [-0.1, -0.05) is 50.9 Å². The predicted molar refractivity (Wildman–Crippen MR) is 90.9 cm³/mol. The van der Waals surface area contributed by atoms with Crippen molar-refractivity contribution in [1.29, 1.82) is 0 Å². The van der Waals surface area contributed by atoms with Crippen molar-refractivity contribution in [1.82, 2.24) is 0 Å². The molecule has 0 spiro atoms. The van der Waals surface area contributed by atoms with E-state index in [0.717, 1.165) is 0 Å². The molecule has 1 rings (SSSR count). The first-order valence-electron chi connectivity index (χ1n) is 7.61. The molecule has 0 aliphatic carbocycles. The predicted octanol–water partition coefficient (Wildman–Crippen LogP) is 4.90. The Morgan fingerprint density at radius 3 is 2.26 bits per heavy atom. The number of hydrogen-bond donors (Lipinski definition) is 0. The average Bonchev–Trinajstić information content (AvgIpc) is 2.50. The quantitative estimate of drug-likeness (QED) is 0.394. The van der Waals surface area contributed by atoms with Gasteiger partial charge in [0.25, 0.3) is 0 Å². The maximum absolute atomic E-state index is 12.6. The van der Waals surface area contributed by atoms with Gasteiger partial charge in [-0.15, -0.1) is 0 Å². The highest BCUT2D eigenvalue weighted by Gasteiger charge is 2.46. The molecule has 0 atom stereocenters. The second-order valence-corrected chi connectivity index (χ2v) is 6.59. The Morgan fingerprint density at radius 2 is 1.74 bits per heavy atom. The maximum atomic E-state index is 12.6. The largest absolute Gasteiger partial charge is 0.465 e. The van der Waals surface area contributed by atoms with Gasteiger partial charge in [0.05, 0.1) is 11.6 Å². The zero-order chi connectivity index (χ0) is 17.6. The summed E-state index contributed by atoms with van der Waals surface area (Å²) in [5, 5.41) is 0.637. The van der Waals surface area contributed by atoms with E-state index in [1.54, 1.807) is 19.9 Å². The van der Waals surface area contributed by atoms with Crippen LogP contribution in [0.5, 0.6) is 5.75 Å². The van der Waals surface area contributed by atoms with Crippen LogP contribution >= 0.6 is 23.2 Å². The van der Waals surface area contributed by atoms with E-state index in [-0.39, 0.29) is 36.1 Å². The van der Waals surface area contributed by atoms with Gasteiger partial charge >= 0.3 is 11.9 Å². The van der Waals surface area contributed by atoms with Gasteiger partial charge in [-0.2, -0.15) is 0 Å². The molecule has 23 heavy (non-hydrogen) atoms. The van der Waals surface area contributed by atoms with Gasteiger partial charge in [-0.3, -0.25) is 9.59 Å². The summed E-state index contributed by atoms with van der Waals surface area (Å²) >= 11 is 11.9. The molecule has 6 heteroatoms. The first kappa shape index (κ1) is 19.8. The van der Waals surface area contributed by atoms with Crippen molar-refractivity contribution in [2.45, 2.75) is 40.5 Å². The number of carbonyl (C=O) groups is 2. The van der Waals surface area contributed by atoms with E-state index in [9.17, 15) is 9.59 Å². The minimum atomic E-state index is -1.35. The minimum absolute atomic E-state index is 0.132. The maximum Gasteiger partial charge on any atom is 0.328 e. The van der Waals surface area contributed by atoms with Crippen molar-refractivity contribution in [3.63, 3.8) is 0 Å². The van der Waals surface area contributed by atoms with Crippen LogP contribution in [0.15, 0.2) is 18.2 Å². The summed E-state index contributed by atoms with van der Waals surface area (Å²) in [5.41, 5.74) is -1.35. The second kappa shape index (κ2) is 8.55. The topological polar surface area (TPSA) is 52.6 Å². The molecule has 0 amide bonds. The smallest absolute Gasteiger partial charge is 0.328 e. The molecule has 0 bridgehead atoms. The van der Waals surface area contributed by atoms with Crippen LogP contribution in [-0.4, -0.2) is 18.5 Å². The van der Waals surface area contributed by atoms with Gasteiger partial charge in [0.2, 0.25) is 0 Å². The average molecular weight is 361 g/mol. The minimum Gasteiger partial charge on any atom is -0.465 e. The van der Waals surface area contributed by atoms with Crippen LogP contribution in [0.2, 0.25) is 10.0 Å². The van der Waals surface area contributed by atoms with Crippen LogP contribution in [0.3, 0.4) is 0 Å². The van der Waals surface area contributed by atoms with Gasteiger partial charge in [-0.25, -0.2) is 0 Å². The molecule has 4 nitrogen and oxygen atoms in total. The van der Waals surface area contributed by atoms with Crippen molar-refractivity contribution in [3.05, 3.63) is 28.2 Å². The standard InChI is InChI=1S/C17H22Cl2O4/c1-5-17(6-2,15(20)22-10-11(3)4)16(21)23-14-9-12(18)7-8-13(14)19/h7-9,11H,5-6,10H2,1-4H3. The zero-order valence-corrected chi connectivity index (χ0v) is 15.3. The molecule has 0 aromatic heterocycles. The number of halogens is 2. The molecule has 0 aliphatic heterocycles. The van der Waals surface area contributed by atoms with Crippen molar-refractivity contribution in [3.8, 4) is 5.75 Å². The molecular formula is C17H22Cl2O4. The number of ether oxygens (including phenoxy) is 2. The lowest BCUT2D eigenvalue weighted by atomic mass is 9.82. The number of benzene rings is 1. The van der Waals surface area contributed by atoms with E-state index in [4.69, 9.17) is 32.7 Å².